The van der Waals surface area contributed by atoms with E-state index in [2.05, 4.69) is 26.0 Å². The monoisotopic (exact) mass is 290 g/mol. The van der Waals surface area contributed by atoms with Crippen LogP contribution >= 0.6 is 0 Å². The number of amides is 1. The Kier molecular flexibility index (Phi) is 5.37. The molecule has 2 rings (SSSR count). The van der Waals surface area contributed by atoms with Crippen LogP contribution in [0.3, 0.4) is 0 Å². The van der Waals surface area contributed by atoms with Gasteiger partial charge in [-0.25, -0.2) is 0 Å². The number of carbonyl (C=O) groups is 1. The molecule has 1 saturated heterocycles. The largest absolute Gasteiger partial charge is 0.383 e. The van der Waals surface area contributed by atoms with Crippen LogP contribution in [0.2, 0.25) is 0 Å². The van der Waals surface area contributed by atoms with Gasteiger partial charge in [-0.05, 0) is 43.4 Å². The molecule has 0 spiro atoms. The maximum absolute atomic E-state index is 12.5. The zero-order valence-electron chi connectivity index (χ0n) is 13.3. The minimum absolute atomic E-state index is 0.0196. The molecule has 2 N–H and O–H groups in total. The fraction of sp³-hybridized carbons (Fsp3) is 0.588. The molecule has 1 heterocycles. The van der Waals surface area contributed by atoms with Crippen molar-refractivity contribution >= 4 is 5.91 Å². The van der Waals surface area contributed by atoms with Crippen molar-refractivity contribution in [2.75, 3.05) is 20.3 Å². The molecule has 1 aliphatic heterocycles. The maximum atomic E-state index is 12.5. The molecule has 21 heavy (non-hydrogen) atoms. The van der Waals surface area contributed by atoms with Crippen molar-refractivity contribution < 1.29 is 9.53 Å². The van der Waals surface area contributed by atoms with Gasteiger partial charge in [0, 0.05) is 26.1 Å². The van der Waals surface area contributed by atoms with Gasteiger partial charge in [-0.3, -0.25) is 4.79 Å². The van der Waals surface area contributed by atoms with E-state index >= 15 is 0 Å². The fourth-order valence-electron chi connectivity index (χ4n) is 3.12. The van der Waals surface area contributed by atoms with Crippen LogP contribution in [0, 0.1) is 13.8 Å². The van der Waals surface area contributed by atoms with E-state index in [-0.39, 0.29) is 18.0 Å². The molecule has 4 heteroatoms. The van der Waals surface area contributed by atoms with E-state index in [0.717, 1.165) is 12.8 Å². The van der Waals surface area contributed by atoms with Gasteiger partial charge in [0.15, 0.2) is 0 Å². The normalized spacial score (nSPS) is 23.2. The van der Waals surface area contributed by atoms with Crippen molar-refractivity contribution in [1.82, 2.24) is 4.90 Å². The number of hydrogen-bond acceptors (Lipinski definition) is 3. The Morgan fingerprint density at radius 2 is 2.14 bits per heavy atom. The second-order valence-corrected chi connectivity index (χ2v) is 5.87. The van der Waals surface area contributed by atoms with Crippen LogP contribution in [0.5, 0.6) is 0 Å². The van der Waals surface area contributed by atoms with Gasteiger partial charge >= 0.3 is 0 Å². The summed E-state index contributed by atoms with van der Waals surface area (Å²) in [6, 6.07) is 6.19. The zero-order valence-corrected chi connectivity index (χ0v) is 13.3. The first-order valence-corrected chi connectivity index (χ1v) is 7.66. The fourth-order valence-corrected chi connectivity index (χ4v) is 3.12. The summed E-state index contributed by atoms with van der Waals surface area (Å²) in [5.41, 5.74) is 10.1. The smallest absolute Gasteiger partial charge is 0.223 e. The Labute approximate surface area is 127 Å². The van der Waals surface area contributed by atoms with E-state index in [1.54, 1.807) is 7.11 Å². The molecule has 0 aliphatic carbocycles. The lowest BCUT2D eigenvalue weighted by Crippen LogP contribution is -2.44. The quantitative estimate of drug-likeness (QED) is 0.926. The van der Waals surface area contributed by atoms with Gasteiger partial charge in [-0.15, -0.1) is 0 Å². The Morgan fingerprint density at radius 3 is 2.86 bits per heavy atom. The highest BCUT2D eigenvalue weighted by Crippen LogP contribution is 2.32. The van der Waals surface area contributed by atoms with E-state index in [9.17, 15) is 4.79 Å². The van der Waals surface area contributed by atoms with Gasteiger partial charge in [0.1, 0.15) is 0 Å². The van der Waals surface area contributed by atoms with Gasteiger partial charge < -0.3 is 15.4 Å². The number of nitrogens with two attached hydrogens (primary N) is 1. The van der Waals surface area contributed by atoms with Crippen LogP contribution in [0.1, 0.15) is 42.0 Å². The van der Waals surface area contributed by atoms with Crippen molar-refractivity contribution in [3.05, 3.63) is 34.9 Å². The average Bonchev–Trinajstić information content (AvgIpc) is 2.59. The molecule has 0 bridgehead atoms. The van der Waals surface area contributed by atoms with E-state index in [1.807, 2.05) is 11.0 Å². The summed E-state index contributed by atoms with van der Waals surface area (Å²) in [6.07, 6.45) is 2.33. The Hall–Kier alpha value is -1.39. The minimum Gasteiger partial charge on any atom is -0.383 e. The molecule has 1 aromatic carbocycles. The third-order valence-electron chi connectivity index (χ3n) is 4.49. The molecule has 0 radical (unpaired) electrons. The van der Waals surface area contributed by atoms with E-state index in [4.69, 9.17) is 10.5 Å². The van der Waals surface area contributed by atoms with Crippen molar-refractivity contribution in [2.24, 2.45) is 5.73 Å². The summed E-state index contributed by atoms with van der Waals surface area (Å²) < 4.78 is 5.17. The summed E-state index contributed by atoms with van der Waals surface area (Å²) in [6.45, 7) is 5.35. The molecule has 2 atom stereocenters. The lowest BCUT2D eigenvalue weighted by Gasteiger charge is -2.35. The minimum atomic E-state index is -0.0463. The summed E-state index contributed by atoms with van der Waals surface area (Å²) in [5, 5.41) is 0. The third-order valence-corrected chi connectivity index (χ3v) is 4.49. The lowest BCUT2D eigenvalue weighted by molar-refractivity contribution is -0.134. The molecular weight excluding hydrogens is 264 g/mol. The molecule has 1 fully saturated rings. The topological polar surface area (TPSA) is 55.6 Å². The van der Waals surface area contributed by atoms with Crippen LogP contribution in [0.4, 0.5) is 0 Å². The SMILES string of the molecule is COCCN1C(=O)CCCC(N)C1c1cccc(C)c1C. The van der Waals surface area contributed by atoms with Gasteiger partial charge in [-0.1, -0.05) is 18.2 Å². The van der Waals surface area contributed by atoms with Crippen molar-refractivity contribution in [3.8, 4) is 0 Å². The molecular formula is C17H26N2O2. The van der Waals surface area contributed by atoms with E-state index < -0.39 is 0 Å². The summed E-state index contributed by atoms with van der Waals surface area (Å²) in [5.74, 6) is 0.186. The lowest BCUT2D eigenvalue weighted by atomic mass is 9.91. The van der Waals surface area contributed by atoms with Gasteiger partial charge in [0.05, 0.1) is 12.6 Å². The zero-order chi connectivity index (χ0) is 15.4. The van der Waals surface area contributed by atoms with Crippen molar-refractivity contribution in [1.29, 1.82) is 0 Å². The average molecular weight is 290 g/mol. The van der Waals surface area contributed by atoms with Gasteiger partial charge in [0.2, 0.25) is 5.91 Å². The number of nitrogens with zero attached hydrogens (tertiary/aromatic N) is 1. The predicted octanol–water partition coefficient (Wildman–Crippen LogP) is 2.33. The van der Waals surface area contributed by atoms with Crippen LogP contribution in [-0.2, 0) is 9.53 Å². The summed E-state index contributed by atoms with van der Waals surface area (Å²) in [4.78, 5) is 14.4. The maximum Gasteiger partial charge on any atom is 0.223 e. The number of carbonyl (C=O) groups excluding carboxylic acids is 1. The molecule has 1 amide bonds. The number of benzene rings is 1. The van der Waals surface area contributed by atoms with Gasteiger partial charge in [-0.2, -0.15) is 0 Å². The molecule has 1 aromatic rings. The standard InChI is InChI=1S/C17H26N2O2/c1-12-6-4-7-14(13(12)2)17-15(18)8-5-9-16(20)19(17)10-11-21-3/h4,6-7,15,17H,5,8-11,18H2,1-3H3. The first-order chi connectivity index (χ1) is 10.1. The Balaban J connectivity index is 2.41. The number of ether oxygens (including phenoxy) is 1. The highest BCUT2D eigenvalue weighted by atomic mass is 16.5. The van der Waals surface area contributed by atoms with Crippen molar-refractivity contribution in [3.63, 3.8) is 0 Å². The number of rotatable bonds is 4. The first-order valence-electron chi connectivity index (χ1n) is 7.66. The van der Waals surface area contributed by atoms with Crippen LogP contribution in [-0.4, -0.2) is 37.1 Å². The summed E-state index contributed by atoms with van der Waals surface area (Å²) in [7, 11) is 1.66. The highest BCUT2D eigenvalue weighted by Gasteiger charge is 2.33. The van der Waals surface area contributed by atoms with E-state index in [1.165, 1.54) is 16.7 Å². The molecule has 0 aromatic heterocycles. The van der Waals surface area contributed by atoms with Crippen LogP contribution < -0.4 is 5.73 Å². The summed E-state index contributed by atoms with van der Waals surface area (Å²) >= 11 is 0. The number of methoxy groups -OCH3 is 1. The first kappa shape index (κ1) is 16.0. The number of aryl methyl sites for hydroxylation is 1. The number of likely N-dealkylation sites (tertiary alicyclic amines) is 1. The highest BCUT2D eigenvalue weighted by molar-refractivity contribution is 5.77. The van der Waals surface area contributed by atoms with Crippen LogP contribution in [0.15, 0.2) is 18.2 Å². The molecule has 4 nitrogen and oxygen atoms in total. The Morgan fingerprint density at radius 1 is 1.38 bits per heavy atom. The Bertz CT molecular complexity index is 502. The third kappa shape index (κ3) is 3.44. The second kappa shape index (κ2) is 7.05. The molecule has 0 saturated carbocycles. The number of hydrogen-bond donors (Lipinski definition) is 1. The van der Waals surface area contributed by atoms with Crippen LogP contribution in [0.25, 0.3) is 0 Å². The van der Waals surface area contributed by atoms with Gasteiger partial charge in [0.25, 0.3) is 0 Å². The van der Waals surface area contributed by atoms with Crippen molar-refractivity contribution in [2.45, 2.75) is 45.2 Å². The molecule has 116 valence electrons. The van der Waals surface area contributed by atoms with E-state index in [0.29, 0.717) is 19.6 Å². The molecule has 1 aliphatic rings. The second-order valence-electron chi connectivity index (χ2n) is 5.87. The predicted molar refractivity (Wildman–Crippen MR) is 84.1 cm³/mol. The molecule has 2 unspecified atom stereocenters.